The van der Waals surface area contributed by atoms with E-state index in [1.54, 1.807) is 18.2 Å². The topological polar surface area (TPSA) is 78.5 Å². The summed E-state index contributed by atoms with van der Waals surface area (Å²) >= 11 is 0. The molecule has 2 heterocycles. The van der Waals surface area contributed by atoms with Gasteiger partial charge in [-0.3, -0.25) is 9.13 Å². The van der Waals surface area contributed by atoms with Gasteiger partial charge in [-0.25, -0.2) is 9.78 Å². The minimum Gasteiger partial charge on any atom is -0.493 e. The quantitative estimate of drug-likeness (QED) is 0.639. The predicted octanol–water partition coefficient (Wildman–Crippen LogP) is 3.76. The maximum atomic E-state index is 13.4. The number of hydrogen-bond donors (Lipinski definition) is 1. The molecule has 0 spiro atoms. The maximum Gasteiger partial charge on any atom is 0.417 e. The van der Waals surface area contributed by atoms with Crippen LogP contribution in [0.25, 0.3) is 11.2 Å². The Morgan fingerprint density at radius 1 is 1.09 bits per heavy atom. The molecule has 0 aliphatic heterocycles. The number of rotatable bonds is 5. The van der Waals surface area contributed by atoms with Gasteiger partial charge >= 0.3 is 11.9 Å². The van der Waals surface area contributed by atoms with Gasteiger partial charge in [-0.05, 0) is 49.4 Å². The summed E-state index contributed by atoms with van der Waals surface area (Å²) in [6, 6.07) is 5.84. The van der Waals surface area contributed by atoms with Gasteiger partial charge in [0.15, 0.2) is 17.1 Å². The van der Waals surface area contributed by atoms with Crippen LogP contribution < -0.4 is 15.2 Å². The highest BCUT2D eigenvalue weighted by Crippen LogP contribution is 2.34. The zero-order valence-electron chi connectivity index (χ0n) is 17.7. The molecule has 32 heavy (non-hydrogen) atoms. The highest BCUT2D eigenvalue weighted by molar-refractivity contribution is 5.73. The van der Waals surface area contributed by atoms with Crippen molar-refractivity contribution < 1.29 is 27.8 Å². The summed E-state index contributed by atoms with van der Waals surface area (Å²) in [4.78, 5) is 17.4. The van der Waals surface area contributed by atoms with E-state index >= 15 is 0 Å². The largest absolute Gasteiger partial charge is 0.493 e. The first-order valence-electron chi connectivity index (χ1n) is 10.3. The number of aromatic nitrogens is 3. The van der Waals surface area contributed by atoms with Gasteiger partial charge in [0.2, 0.25) is 0 Å². The molecule has 0 unspecified atom stereocenters. The van der Waals surface area contributed by atoms with E-state index in [4.69, 9.17) is 9.47 Å². The van der Waals surface area contributed by atoms with Crippen LogP contribution in [0, 0.1) is 0 Å². The van der Waals surface area contributed by atoms with Crippen LogP contribution in [0.2, 0.25) is 0 Å². The van der Waals surface area contributed by atoms with E-state index in [0.29, 0.717) is 42.7 Å². The second-order valence-electron chi connectivity index (χ2n) is 7.95. The Kier molecular flexibility index (Phi) is 5.89. The van der Waals surface area contributed by atoms with Crippen molar-refractivity contribution in [1.82, 2.24) is 14.1 Å². The van der Waals surface area contributed by atoms with Crippen LogP contribution in [0.3, 0.4) is 0 Å². The molecular weight excluding hydrogens is 427 g/mol. The highest BCUT2D eigenvalue weighted by atomic mass is 19.4. The van der Waals surface area contributed by atoms with Gasteiger partial charge < -0.3 is 14.6 Å². The van der Waals surface area contributed by atoms with Gasteiger partial charge in [0, 0.05) is 12.2 Å². The van der Waals surface area contributed by atoms with Crippen LogP contribution in [-0.4, -0.2) is 39.5 Å². The lowest BCUT2D eigenvalue weighted by molar-refractivity contribution is -0.137. The van der Waals surface area contributed by atoms with Crippen molar-refractivity contribution in [1.29, 1.82) is 0 Å². The van der Waals surface area contributed by atoms with Crippen molar-refractivity contribution >= 4 is 11.2 Å². The minimum atomic E-state index is -4.58. The zero-order valence-corrected chi connectivity index (χ0v) is 17.7. The number of fused-ring (bicyclic) bond motifs is 1. The Bertz CT molecular complexity index is 1180. The average Bonchev–Trinajstić information content (AvgIpc) is 3.04. The van der Waals surface area contributed by atoms with E-state index in [1.807, 2.05) is 0 Å². The van der Waals surface area contributed by atoms with Crippen molar-refractivity contribution in [2.45, 2.75) is 50.6 Å². The minimum absolute atomic E-state index is 0.0427. The first-order chi connectivity index (χ1) is 15.2. The Hall–Kier alpha value is -3.01. The molecule has 0 bridgehead atoms. The lowest BCUT2D eigenvalue weighted by Gasteiger charge is -2.26. The molecule has 0 radical (unpaired) electrons. The van der Waals surface area contributed by atoms with Crippen molar-refractivity contribution in [2.24, 2.45) is 0 Å². The molecule has 0 saturated heterocycles. The lowest BCUT2D eigenvalue weighted by Crippen LogP contribution is -2.31. The van der Waals surface area contributed by atoms with Gasteiger partial charge in [0.1, 0.15) is 0 Å². The van der Waals surface area contributed by atoms with Crippen LogP contribution in [0.1, 0.15) is 42.9 Å². The zero-order chi connectivity index (χ0) is 23.0. The molecular formula is C22H24F3N3O4. The number of benzene rings is 1. The molecule has 7 nitrogen and oxygen atoms in total. The molecule has 1 fully saturated rings. The molecule has 10 heteroatoms. The smallest absolute Gasteiger partial charge is 0.417 e. The molecule has 0 amide bonds. The second-order valence-corrected chi connectivity index (χ2v) is 7.95. The van der Waals surface area contributed by atoms with Crippen LogP contribution in [0.4, 0.5) is 13.2 Å². The first kappa shape index (κ1) is 22.2. The van der Waals surface area contributed by atoms with E-state index in [1.165, 1.54) is 23.4 Å². The van der Waals surface area contributed by atoms with E-state index < -0.39 is 23.5 Å². The summed E-state index contributed by atoms with van der Waals surface area (Å²) in [6.07, 6.45) is -2.08. The third-order valence-electron chi connectivity index (χ3n) is 5.95. The number of alkyl halides is 3. The molecule has 172 valence electrons. The fraction of sp³-hybridized carbons (Fsp3) is 0.455. The van der Waals surface area contributed by atoms with Crippen LogP contribution >= 0.6 is 0 Å². The van der Waals surface area contributed by atoms with Crippen molar-refractivity contribution in [3.63, 3.8) is 0 Å². The SMILES string of the molecule is COc1ccc(Cn2c(=O)n(C3CCC(O)CC3)c3ncc(C(F)(F)F)cc32)cc1OC. The normalized spacial score (nSPS) is 19.3. The van der Waals surface area contributed by atoms with E-state index in [-0.39, 0.29) is 23.8 Å². The fourth-order valence-corrected chi connectivity index (χ4v) is 4.27. The maximum absolute atomic E-state index is 13.4. The molecule has 1 aromatic carbocycles. The third-order valence-corrected chi connectivity index (χ3v) is 5.95. The summed E-state index contributed by atoms with van der Waals surface area (Å²) in [5, 5.41) is 9.82. The van der Waals surface area contributed by atoms with Crippen molar-refractivity contribution in [3.8, 4) is 11.5 Å². The number of nitrogens with zero attached hydrogens (tertiary/aromatic N) is 3. The summed E-state index contributed by atoms with van der Waals surface area (Å²) in [5.41, 5.74) is -0.346. The first-order valence-corrected chi connectivity index (χ1v) is 10.3. The van der Waals surface area contributed by atoms with Gasteiger partial charge in [0.05, 0.1) is 37.9 Å². The van der Waals surface area contributed by atoms with Crippen molar-refractivity contribution in [3.05, 3.63) is 52.1 Å². The van der Waals surface area contributed by atoms with Crippen LogP contribution in [0.15, 0.2) is 35.3 Å². The van der Waals surface area contributed by atoms with Crippen molar-refractivity contribution in [2.75, 3.05) is 14.2 Å². The van der Waals surface area contributed by atoms with Gasteiger partial charge in [-0.15, -0.1) is 0 Å². The molecule has 0 atom stereocenters. The Morgan fingerprint density at radius 2 is 1.78 bits per heavy atom. The number of pyridine rings is 1. The molecule has 3 aromatic rings. The number of ether oxygens (including phenoxy) is 2. The summed E-state index contributed by atoms with van der Waals surface area (Å²) in [6.45, 7) is 0.0427. The number of imidazole rings is 1. The fourth-order valence-electron chi connectivity index (χ4n) is 4.27. The molecule has 2 aromatic heterocycles. The molecule has 1 aliphatic carbocycles. The monoisotopic (exact) mass is 451 g/mol. The standard InChI is InChI=1S/C22H24F3N3O4/c1-31-18-8-3-13(9-19(18)32-2)12-27-17-10-14(22(23,24)25)11-26-20(17)28(21(27)30)15-4-6-16(29)7-5-15/h3,8-11,15-16,29H,4-7,12H2,1-2H3. The number of aliphatic hydroxyl groups is 1. The third kappa shape index (κ3) is 4.06. The van der Waals surface area contributed by atoms with E-state index in [2.05, 4.69) is 4.98 Å². The average molecular weight is 451 g/mol. The van der Waals surface area contributed by atoms with Crippen LogP contribution in [0.5, 0.6) is 11.5 Å². The number of hydrogen-bond acceptors (Lipinski definition) is 5. The Balaban J connectivity index is 1.85. The van der Waals surface area contributed by atoms with E-state index in [9.17, 15) is 23.1 Å². The number of halogens is 3. The summed E-state index contributed by atoms with van der Waals surface area (Å²) in [5.74, 6) is 0.963. The summed E-state index contributed by atoms with van der Waals surface area (Å²) in [7, 11) is 2.98. The second kappa shape index (κ2) is 8.50. The van der Waals surface area contributed by atoms with Gasteiger partial charge in [-0.1, -0.05) is 6.07 Å². The van der Waals surface area contributed by atoms with Gasteiger partial charge in [-0.2, -0.15) is 13.2 Å². The Labute approximate surface area is 182 Å². The van der Waals surface area contributed by atoms with E-state index in [0.717, 1.165) is 12.3 Å². The highest BCUT2D eigenvalue weighted by Gasteiger charge is 2.33. The molecule has 1 saturated carbocycles. The molecule has 4 rings (SSSR count). The van der Waals surface area contributed by atoms with Crippen LogP contribution in [-0.2, 0) is 12.7 Å². The Morgan fingerprint density at radius 3 is 2.41 bits per heavy atom. The molecule has 1 aliphatic rings. The molecule has 1 N–H and O–H groups in total. The lowest BCUT2D eigenvalue weighted by atomic mass is 9.93. The summed E-state index contributed by atoms with van der Waals surface area (Å²) < 4.78 is 53.4. The van der Waals surface area contributed by atoms with Gasteiger partial charge in [0.25, 0.3) is 0 Å². The predicted molar refractivity (Wildman–Crippen MR) is 111 cm³/mol. The number of aliphatic hydroxyl groups excluding tert-OH is 1. The number of methoxy groups -OCH3 is 2.